The van der Waals surface area contributed by atoms with Gasteiger partial charge in [-0.1, -0.05) is 0 Å². The Kier molecular flexibility index (Phi) is 8.41. The summed E-state index contributed by atoms with van der Waals surface area (Å²) in [6.07, 6.45) is 0. The Hall–Kier alpha value is -0.300. The van der Waals surface area contributed by atoms with Crippen LogP contribution >= 0.6 is 11.8 Å². The summed E-state index contributed by atoms with van der Waals surface area (Å²) in [5, 5.41) is 6.05. The first-order valence-electron chi connectivity index (χ1n) is 6.51. The SMILES string of the molecule is COCC(C)NC(=O)CNCCN1CCSCC1. The van der Waals surface area contributed by atoms with Crippen molar-refractivity contribution in [1.82, 2.24) is 15.5 Å². The van der Waals surface area contributed by atoms with Gasteiger partial charge < -0.3 is 20.3 Å². The number of nitrogens with one attached hydrogen (secondary N) is 2. The molecule has 0 bridgehead atoms. The van der Waals surface area contributed by atoms with Gasteiger partial charge >= 0.3 is 0 Å². The fourth-order valence-electron chi connectivity index (χ4n) is 1.88. The van der Waals surface area contributed by atoms with E-state index in [1.165, 1.54) is 24.6 Å². The zero-order valence-electron chi connectivity index (χ0n) is 11.4. The first-order chi connectivity index (χ1) is 8.72. The van der Waals surface area contributed by atoms with Crippen LogP contribution in [0.5, 0.6) is 0 Å². The molecule has 1 saturated heterocycles. The van der Waals surface area contributed by atoms with Crippen molar-refractivity contribution in [3.8, 4) is 0 Å². The summed E-state index contributed by atoms with van der Waals surface area (Å²) in [5.74, 6) is 2.50. The number of thioether (sulfide) groups is 1. The second-order valence-electron chi connectivity index (χ2n) is 4.55. The van der Waals surface area contributed by atoms with Crippen molar-refractivity contribution in [2.24, 2.45) is 0 Å². The topological polar surface area (TPSA) is 53.6 Å². The summed E-state index contributed by atoms with van der Waals surface area (Å²) >= 11 is 2.02. The van der Waals surface area contributed by atoms with Crippen molar-refractivity contribution in [2.45, 2.75) is 13.0 Å². The van der Waals surface area contributed by atoms with Gasteiger partial charge in [0.2, 0.25) is 5.91 Å². The number of nitrogens with zero attached hydrogens (tertiary/aromatic N) is 1. The normalized spacial score (nSPS) is 18.6. The van der Waals surface area contributed by atoms with Crippen molar-refractivity contribution in [2.75, 3.05) is 57.9 Å². The second-order valence-corrected chi connectivity index (χ2v) is 5.78. The van der Waals surface area contributed by atoms with Crippen LogP contribution < -0.4 is 10.6 Å². The van der Waals surface area contributed by atoms with E-state index in [4.69, 9.17) is 4.74 Å². The van der Waals surface area contributed by atoms with Crippen molar-refractivity contribution >= 4 is 17.7 Å². The maximum Gasteiger partial charge on any atom is 0.234 e. The van der Waals surface area contributed by atoms with Crippen LogP contribution in [0.2, 0.25) is 0 Å². The molecule has 6 heteroatoms. The summed E-state index contributed by atoms with van der Waals surface area (Å²) in [7, 11) is 1.64. The molecule has 0 aromatic carbocycles. The van der Waals surface area contributed by atoms with Gasteiger partial charge in [0, 0.05) is 50.8 Å². The van der Waals surface area contributed by atoms with Gasteiger partial charge in [-0.05, 0) is 6.92 Å². The van der Waals surface area contributed by atoms with Crippen LogP contribution in [-0.2, 0) is 9.53 Å². The second kappa shape index (κ2) is 9.61. The molecule has 0 aliphatic carbocycles. The molecule has 1 atom stereocenters. The summed E-state index contributed by atoms with van der Waals surface area (Å²) in [5.41, 5.74) is 0. The minimum absolute atomic E-state index is 0.0359. The molecule has 1 aliphatic rings. The Balaban J connectivity index is 1.97. The lowest BCUT2D eigenvalue weighted by atomic mass is 10.3. The Morgan fingerprint density at radius 3 is 2.83 bits per heavy atom. The van der Waals surface area contributed by atoms with Gasteiger partial charge in [0.25, 0.3) is 0 Å². The molecule has 0 spiro atoms. The monoisotopic (exact) mass is 275 g/mol. The van der Waals surface area contributed by atoms with E-state index >= 15 is 0 Å². The van der Waals surface area contributed by atoms with Crippen molar-refractivity contribution in [3.05, 3.63) is 0 Å². The van der Waals surface area contributed by atoms with Crippen LogP contribution in [0, 0.1) is 0 Å². The zero-order chi connectivity index (χ0) is 13.2. The fraction of sp³-hybridized carbons (Fsp3) is 0.917. The van der Waals surface area contributed by atoms with Crippen LogP contribution in [0.4, 0.5) is 0 Å². The third-order valence-corrected chi connectivity index (χ3v) is 3.76. The molecule has 1 fully saturated rings. The maximum atomic E-state index is 11.5. The third-order valence-electron chi connectivity index (χ3n) is 2.82. The van der Waals surface area contributed by atoms with E-state index in [0.29, 0.717) is 13.2 Å². The maximum absolute atomic E-state index is 11.5. The van der Waals surface area contributed by atoms with Gasteiger partial charge in [-0.25, -0.2) is 0 Å². The quantitative estimate of drug-likeness (QED) is 0.600. The number of hydrogen-bond acceptors (Lipinski definition) is 5. The standard InChI is InChI=1S/C12H25N3O2S/c1-11(10-17-2)14-12(16)9-13-3-4-15-5-7-18-8-6-15/h11,13H,3-10H2,1-2H3,(H,14,16). The van der Waals surface area contributed by atoms with E-state index in [0.717, 1.165) is 13.1 Å². The van der Waals surface area contributed by atoms with E-state index in [1.807, 2.05) is 18.7 Å². The molecule has 0 radical (unpaired) electrons. The molecule has 2 N–H and O–H groups in total. The summed E-state index contributed by atoms with van der Waals surface area (Å²) in [4.78, 5) is 14.0. The number of hydrogen-bond donors (Lipinski definition) is 2. The van der Waals surface area contributed by atoms with E-state index in [-0.39, 0.29) is 11.9 Å². The molecule has 1 heterocycles. The highest BCUT2D eigenvalue weighted by Crippen LogP contribution is 2.07. The highest BCUT2D eigenvalue weighted by Gasteiger charge is 2.10. The smallest absolute Gasteiger partial charge is 0.234 e. The van der Waals surface area contributed by atoms with E-state index in [1.54, 1.807) is 7.11 Å². The Labute approximate surface area is 114 Å². The predicted octanol–water partition coefficient (Wildman–Crippen LogP) is -0.224. The molecule has 106 valence electrons. The molecule has 1 rings (SSSR count). The lowest BCUT2D eigenvalue weighted by molar-refractivity contribution is -0.121. The van der Waals surface area contributed by atoms with Gasteiger partial charge in [0.1, 0.15) is 0 Å². The van der Waals surface area contributed by atoms with Crippen LogP contribution in [0.1, 0.15) is 6.92 Å². The first-order valence-corrected chi connectivity index (χ1v) is 7.67. The third kappa shape index (κ3) is 7.20. The molecule has 0 aromatic rings. The lowest BCUT2D eigenvalue weighted by Gasteiger charge is -2.26. The molecule has 1 unspecified atom stereocenters. The summed E-state index contributed by atoms with van der Waals surface area (Å²) in [6.45, 7) is 7.12. The average molecular weight is 275 g/mol. The fourth-order valence-corrected chi connectivity index (χ4v) is 2.86. The molecule has 5 nitrogen and oxygen atoms in total. The van der Waals surface area contributed by atoms with E-state index in [2.05, 4.69) is 15.5 Å². The number of methoxy groups -OCH3 is 1. The van der Waals surface area contributed by atoms with Crippen molar-refractivity contribution < 1.29 is 9.53 Å². The van der Waals surface area contributed by atoms with Crippen molar-refractivity contribution in [3.63, 3.8) is 0 Å². The van der Waals surface area contributed by atoms with Gasteiger partial charge in [-0.3, -0.25) is 4.79 Å². The van der Waals surface area contributed by atoms with Crippen LogP contribution in [0.15, 0.2) is 0 Å². The number of ether oxygens (including phenoxy) is 1. The Bertz CT molecular complexity index is 235. The number of carbonyl (C=O) groups excluding carboxylic acids is 1. The number of rotatable bonds is 8. The zero-order valence-corrected chi connectivity index (χ0v) is 12.2. The predicted molar refractivity (Wildman–Crippen MR) is 76.1 cm³/mol. The lowest BCUT2D eigenvalue weighted by Crippen LogP contribution is -2.43. The first kappa shape index (κ1) is 15.8. The molecule has 0 aromatic heterocycles. The van der Waals surface area contributed by atoms with E-state index in [9.17, 15) is 4.79 Å². The Morgan fingerprint density at radius 1 is 1.44 bits per heavy atom. The number of amides is 1. The molecular formula is C12H25N3O2S. The minimum Gasteiger partial charge on any atom is -0.383 e. The molecular weight excluding hydrogens is 250 g/mol. The molecule has 1 amide bonds. The van der Waals surface area contributed by atoms with Crippen LogP contribution in [-0.4, -0.2) is 74.8 Å². The summed E-state index contributed by atoms with van der Waals surface area (Å²) < 4.78 is 4.97. The summed E-state index contributed by atoms with van der Waals surface area (Å²) in [6, 6.07) is 0.0726. The molecule has 18 heavy (non-hydrogen) atoms. The van der Waals surface area contributed by atoms with Gasteiger partial charge in [0.15, 0.2) is 0 Å². The average Bonchev–Trinajstić information content (AvgIpc) is 2.36. The van der Waals surface area contributed by atoms with Crippen LogP contribution in [0.3, 0.4) is 0 Å². The number of carbonyl (C=O) groups is 1. The minimum atomic E-state index is 0.0359. The molecule has 0 saturated carbocycles. The van der Waals surface area contributed by atoms with Gasteiger partial charge in [-0.15, -0.1) is 0 Å². The van der Waals surface area contributed by atoms with Crippen molar-refractivity contribution in [1.29, 1.82) is 0 Å². The molecule has 1 aliphatic heterocycles. The largest absolute Gasteiger partial charge is 0.383 e. The van der Waals surface area contributed by atoms with Gasteiger partial charge in [0.05, 0.1) is 13.2 Å². The highest BCUT2D eigenvalue weighted by atomic mass is 32.2. The Morgan fingerprint density at radius 2 is 2.17 bits per heavy atom. The van der Waals surface area contributed by atoms with E-state index < -0.39 is 0 Å². The van der Waals surface area contributed by atoms with Crippen LogP contribution in [0.25, 0.3) is 0 Å². The van der Waals surface area contributed by atoms with Gasteiger partial charge in [-0.2, -0.15) is 11.8 Å². The highest BCUT2D eigenvalue weighted by molar-refractivity contribution is 7.99.